The largest absolute Gasteiger partial charge is 0.396 e. The summed E-state index contributed by atoms with van der Waals surface area (Å²) >= 11 is 0. The first-order valence-electron chi connectivity index (χ1n) is 15.9. The number of pyridine rings is 1. The molecule has 0 fully saturated rings. The molecule has 3 aromatic carbocycles. The first kappa shape index (κ1) is 26.6. The molecule has 0 spiro atoms. The number of benzene rings is 3. The fourth-order valence-corrected chi connectivity index (χ4v) is 8.89. The second kappa shape index (κ2) is 10.3. The highest BCUT2D eigenvalue weighted by Crippen LogP contribution is 2.62. The van der Waals surface area contributed by atoms with Crippen LogP contribution < -0.4 is 5.32 Å². The average Bonchev–Trinajstić information content (AvgIpc) is 3.47. The number of hydrogen-bond donors (Lipinski definition) is 3. The molecule has 4 aromatic rings. The quantitative estimate of drug-likeness (QED) is 0.211. The maximum atomic E-state index is 10.3. The normalized spacial score (nSPS) is 26.1. The zero-order valence-corrected chi connectivity index (χ0v) is 24.5. The predicted octanol–water partition coefficient (Wildman–Crippen LogP) is 7.20. The molecule has 3 N–H and O–H groups in total. The Bertz CT molecular complexity index is 1820. The summed E-state index contributed by atoms with van der Waals surface area (Å²) in [6, 6.07) is 28.9. The van der Waals surface area contributed by atoms with Crippen LogP contribution >= 0.6 is 0 Å². The lowest BCUT2D eigenvalue weighted by Gasteiger charge is -2.45. The number of fused-ring (bicyclic) bond motifs is 7. The van der Waals surface area contributed by atoms with Crippen molar-refractivity contribution in [2.45, 2.75) is 55.4 Å². The minimum Gasteiger partial charge on any atom is -0.396 e. The van der Waals surface area contributed by atoms with Crippen LogP contribution in [-0.4, -0.2) is 34.5 Å². The summed E-state index contributed by atoms with van der Waals surface area (Å²) in [5, 5.41) is 25.7. The van der Waals surface area contributed by atoms with E-state index in [2.05, 4.69) is 108 Å². The number of rotatable bonds is 8. The Morgan fingerprint density at radius 1 is 0.744 bits per heavy atom. The number of nitrogens with zero attached hydrogens (tertiary/aromatic N) is 1. The summed E-state index contributed by atoms with van der Waals surface area (Å²) < 4.78 is 0. The second-order valence-corrected chi connectivity index (χ2v) is 12.8. The van der Waals surface area contributed by atoms with Gasteiger partial charge < -0.3 is 15.5 Å². The molecule has 0 radical (unpaired) electrons. The van der Waals surface area contributed by atoms with Crippen molar-refractivity contribution >= 4 is 16.6 Å². The first-order valence-corrected chi connectivity index (χ1v) is 15.9. The lowest BCUT2D eigenvalue weighted by molar-refractivity contribution is 0.231. The Morgan fingerprint density at radius 3 is 2.23 bits per heavy atom. The van der Waals surface area contributed by atoms with Crippen LogP contribution in [0, 0.1) is 5.92 Å². The average molecular weight is 567 g/mol. The van der Waals surface area contributed by atoms with Crippen LogP contribution in [0.3, 0.4) is 0 Å². The molecule has 4 heteroatoms. The molecule has 4 atom stereocenters. The van der Waals surface area contributed by atoms with Gasteiger partial charge in [-0.25, -0.2) is 4.98 Å². The minimum absolute atomic E-state index is 0.150. The zero-order valence-electron chi connectivity index (χ0n) is 24.5. The topological polar surface area (TPSA) is 65.4 Å². The number of aliphatic hydroxyl groups excluding tert-OH is 2. The number of aliphatic hydroxyl groups is 2. The first-order chi connectivity index (χ1) is 21.2. The Labute approximate surface area is 253 Å². The second-order valence-electron chi connectivity index (χ2n) is 12.8. The van der Waals surface area contributed by atoms with E-state index >= 15 is 0 Å². The minimum atomic E-state index is -0.337. The smallest absolute Gasteiger partial charge is 0.0753 e. The highest BCUT2D eigenvalue weighted by Gasteiger charge is 2.55. The summed E-state index contributed by atoms with van der Waals surface area (Å²) in [4.78, 5) is 5.30. The van der Waals surface area contributed by atoms with E-state index in [0.717, 1.165) is 48.7 Å². The highest BCUT2D eigenvalue weighted by molar-refractivity contribution is 5.89. The van der Waals surface area contributed by atoms with Crippen molar-refractivity contribution in [1.29, 1.82) is 0 Å². The van der Waals surface area contributed by atoms with E-state index in [1.807, 2.05) is 0 Å². The predicted molar refractivity (Wildman–Crippen MR) is 174 cm³/mol. The van der Waals surface area contributed by atoms with E-state index in [9.17, 15) is 10.2 Å². The summed E-state index contributed by atoms with van der Waals surface area (Å²) in [6.45, 7) is 0.314. The molecule has 2 heterocycles. The molecule has 0 amide bonds. The molecular weight excluding hydrogens is 528 g/mol. The number of allylic oxidation sites excluding steroid dienone is 3. The Hall–Kier alpha value is -3.99. The third-order valence-electron chi connectivity index (χ3n) is 10.7. The molecule has 0 bridgehead atoms. The van der Waals surface area contributed by atoms with Gasteiger partial charge in [0.1, 0.15) is 0 Å². The van der Waals surface area contributed by atoms with Gasteiger partial charge in [-0.1, -0.05) is 91.0 Å². The van der Waals surface area contributed by atoms with Gasteiger partial charge in [-0.2, -0.15) is 0 Å². The van der Waals surface area contributed by atoms with E-state index in [-0.39, 0.29) is 30.1 Å². The van der Waals surface area contributed by atoms with Crippen LogP contribution in [-0.2, 0) is 10.8 Å². The van der Waals surface area contributed by atoms with Crippen molar-refractivity contribution < 1.29 is 10.2 Å². The van der Waals surface area contributed by atoms with Gasteiger partial charge in [0.15, 0.2) is 0 Å². The fraction of sp³-hybridized carbons (Fsp3) is 0.308. The number of para-hydroxylation sites is 1. The molecule has 3 aliphatic carbocycles. The fourth-order valence-electron chi connectivity index (χ4n) is 8.89. The van der Waals surface area contributed by atoms with Gasteiger partial charge in [0.25, 0.3) is 0 Å². The summed E-state index contributed by atoms with van der Waals surface area (Å²) in [5.74, 6) is 0.397. The van der Waals surface area contributed by atoms with Crippen LogP contribution in [0.1, 0.15) is 60.8 Å². The van der Waals surface area contributed by atoms with E-state index < -0.39 is 0 Å². The summed E-state index contributed by atoms with van der Waals surface area (Å²) in [6.07, 6.45) is 14.0. The van der Waals surface area contributed by atoms with Gasteiger partial charge in [0, 0.05) is 52.2 Å². The van der Waals surface area contributed by atoms with Crippen LogP contribution in [0.5, 0.6) is 0 Å². The Kier molecular flexibility index (Phi) is 6.39. The third kappa shape index (κ3) is 3.93. The van der Waals surface area contributed by atoms with Crippen molar-refractivity contribution in [2.24, 2.45) is 5.92 Å². The molecule has 43 heavy (non-hydrogen) atoms. The van der Waals surface area contributed by atoms with E-state index in [1.165, 1.54) is 39.1 Å². The summed E-state index contributed by atoms with van der Waals surface area (Å²) in [5.41, 5.74) is 10.7. The van der Waals surface area contributed by atoms with Crippen LogP contribution in [0.25, 0.3) is 27.9 Å². The van der Waals surface area contributed by atoms with Gasteiger partial charge in [-0.3, -0.25) is 0 Å². The monoisotopic (exact) mass is 566 g/mol. The standard InChI is InChI=1S/C39H38N2O2/c42-21-9-19-38(30-15-5-3-13-28(30)36-32(38)23-26-11-1-7-17-34(26)40-36)25-39(20-10-22-43)31-16-6-4-14-29(31)37-33(39)24-27-12-2-8-18-35(27)41-37/h1-8,11-18,23,27,35,41-43H,9-10,19-22,24-25H2. The molecule has 1 aromatic heterocycles. The maximum Gasteiger partial charge on any atom is 0.0753 e. The summed E-state index contributed by atoms with van der Waals surface area (Å²) in [7, 11) is 0. The molecule has 216 valence electrons. The molecule has 4 nitrogen and oxygen atoms in total. The maximum absolute atomic E-state index is 10.3. The van der Waals surface area contributed by atoms with Crippen LogP contribution in [0.15, 0.2) is 109 Å². The Balaban J connectivity index is 1.39. The molecule has 4 aliphatic rings. The number of nitrogens with one attached hydrogen (secondary N) is 1. The van der Waals surface area contributed by atoms with E-state index in [1.54, 1.807) is 0 Å². The van der Waals surface area contributed by atoms with Gasteiger partial charge >= 0.3 is 0 Å². The van der Waals surface area contributed by atoms with E-state index in [0.29, 0.717) is 12.3 Å². The van der Waals surface area contributed by atoms with Crippen molar-refractivity contribution in [3.05, 3.63) is 131 Å². The number of hydrogen-bond acceptors (Lipinski definition) is 4. The van der Waals surface area contributed by atoms with Gasteiger partial charge in [0.05, 0.1) is 17.3 Å². The van der Waals surface area contributed by atoms with Gasteiger partial charge in [-0.05, 0) is 72.9 Å². The lowest BCUT2D eigenvalue weighted by atomic mass is 9.58. The zero-order chi connectivity index (χ0) is 29.0. The molecular formula is C39H38N2O2. The van der Waals surface area contributed by atoms with Gasteiger partial charge in [-0.15, -0.1) is 0 Å². The van der Waals surface area contributed by atoms with Crippen LogP contribution in [0.4, 0.5) is 0 Å². The van der Waals surface area contributed by atoms with Crippen molar-refractivity contribution in [1.82, 2.24) is 10.3 Å². The SMILES string of the molecule is OCCCC1(CC2(CCCO)c3ccccc3-c3nc4ccccc4cc32)C2=C(NC3C=CC=CC3C2)c2ccccc21. The van der Waals surface area contributed by atoms with Crippen molar-refractivity contribution in [3.63, 3.8) is 0 Å². The molecule has 8 rings (SSSR count). The third-order valence-corrected chi connectivity index (χ3v) is 10.7. The molecule has 4 unspecified atom stereocenters. The molecule has 0 saturated carbocycles. The Morgan fingerprint density at radius 2 is 1.42 bits per heavy atom. The lowest BCUT2D eigenvalue weighted by Crippen LogP contribution is -2.43. The van der Waals surface area contributed by atoms with Gasteiger partial charge in [0.2, 0.25) is 0 Å². The van der Waals surface area contributed by atoms with Crippen LogP contribution in [0.2, 0.25) is 0 Å². The molecule has 1 aliphatic heterocycles. The number of aromatic nitrogens is 1. The van der Waals surface area contributed by atoms with Crippen molar-refractivity contribution in [3.8, 4) is 11.3 Å². The van der Waals surface area contributed by atoms with Crippen molar-refractivity contribution in [2.75, 3.05) is 13.2 Å². The molecule has 0 saturated heterocycles. The van der Waals surface area contributed by atoms with E-state index in [4.69, 9.17) is 4.98 Å². The highest BCUT2D eigenvalue weighted by atomic mass is 16.3.